The van der Waals surface area contributed by atoms with Gasteiger partial charge in [0.25, 0.3) is 5.91 Å². The fourth-order valence-corrected chi connectivity index (χ4v) is 3.12. The molecule has 0 radical (unpaired) electrons. The fourth-order valence-electron chi connectivity index (χ4n) is 2.77. The Morgan fingerprint density at radius 2 is 1.97 bits per heavy atom. The first-order chi connectivity index (χ1) is 17.1. The van der Waals surface area contributed by atoms with E-state index in [0.29, 0.717) is 5.56 Å². The molecule has 3 heterocycles. The molecule has 0 aliphatic rings. The van der Waals surface area contributed by atoms with E-state index in [9.17, 15) is 18.0 Å². The topological polar surface area (TPSA) is 204 Å². The number of pyridine rings is 1. The van der Waals surface area contributed by atoms with Crippen molar-refractivity contribution in [2.75, 3.05) is 45.2 Å². The van der Waals surface area contributed by atoms with E-state index >= 15 is 0 Å². The third kappa shape index (κ3) is 5.99. The average molecular weight is 522 g/mol. The number of carbonyl (C=O) groups is 2. The van der Waals surface area contributed by atoms with Crippen molar-refractivity contribution in [3.05, 3.63) is 29.9 Å². The molecule has 0 fully saturated rings. The van der Waals surface area contributed by atoms with E-state index in [-0.39, 0.29) is 47.0 Å². The van der Waals surface area contributed by atoms with Gasteiger partial charge in [-0.15, -0.1) is 10.2 Å². The van der Waals surface area contributed by atoms with Crippen LogP contribution in [0.15, 0.2) is 22.9 Å². The third-order valence-corrected chi connectivity index (χ3v) is 5.91. The summed E-state index contributed by atoms with van der Waals surface area (Å²) in [6.07, 6.45) is 1.71. The number of ether oxygens (including phenoxy) is 2. The van der Waals surface area contributed by atoms with Crippen molar-refractivity contribution in [1.29, 1.82) is 0 Å². The molecule has 3 rings (SSSR count). The molecule has 0 atom stereocenters. The van der Waals surface area contributed by atoms with Gasteiger partial charge in [-0.1, -0.05) is 5.16 Å². The van der Waals surface area contributed by atoms with Gasteiger partial charge >= 0.3 is 6.09 Å². The number of rotatable bonds is 9. The summed E-state index contributed by atoms with van der Waals surface area (Å²) in [5.41, 5.74) is 0.415. The molecular weight excluding hydrogens is 498 g/mol. The molecule has 17 heteroatoms. The highest BCUT2D eigenvalue weighted by molar-refractivity contribution is 7.88. The number of hydrogen-bond acceptors (Lipinski definition) is 13. The minimum Gasteiger partial charge on any atom is -0.492 e. The summed E-state index contributed by atoms with van der Waals surface area (Å²) >= 11 is 0. The Kier molecular flexibility index (Phi) is 7.95. The molecule has 0 saturated carbocycles. The summed E-state index contributed by atoms with van der Waals surface area (Å²) in [6, 6.07) is 2.92. The highest BCUT2D eigenvalue weighted by Gasteiger charge is 2.22. The normalized spacial score (nSPS) is 11.2. The second-order valence-corrected chi connectivity index (χ2v) is 9.17. The van der Waals surface area contributed by atoms with Crippen molar-refractivity contribution in [2.24, 2.45) is 0 Å². The number of aromatic nitrogens is 5. The zero-order valence-corrected chi connectivity index (χ0v) is 20.7. The SMILES string of the molecule is CNC(=O)c1nnc(NC(=O)OC)cc1Nc1nccc(-c2noc(CN(C)S(C)(=O)=O)n2)c1OC. The van der Waals surface area contributed by atoms with E-state index in [1.54, 1.807) is 6.07 Å². The van der Waals surface area contributed by atoms with Crippen LogP contribution in [0.1, 0.15) is 16.4 Å². The molecule has 3 N–H and O–H groups in total. The quantitative estimate of drug-likeness (QED) is 0.353. The van der Waals surface area contributed by atoms with Gasteiger partial charge in [0.1, 0.15) is 0 Å². The van der Waals surface area contributed by atoms with Crippen molar-refractivity contribution in [2.45, 2.75) is 6.54 Å². The molecule has 3 aromatic rings. The Balaban J connectivity index is 1.99. The lowest BCUT2D eigenvalue weighted by Gasteiger charge is -2.14. The van der Waals surface area contributed by atoms with Gasteiger partial charge in [-0.3, -0.25) is 10.1 Å². The number of amides is 2. The predicted molar refractivity (Wildman–Crippen MR) is 125 cm³/mol. The van der Waals surface area contributed by atoms with Crippen LogP contribution in [0.5, 0.6) is 5.75 Å². The summed E-state index contributed by atoms with van der Waals surface area (Å²) in [5.74, 6) is -0.0422. The molecule has 0 aromatic carbocycles. The van der Waals surface area contributed by atoms with E-state index in [0.717, 1.165) is 10.6 Å². The lowest BCUT2D eigenvalue weighted by Crippen LogP contribution is -2.25. The van der Waals surface area contributed by atoms with E-state index in [1.165, 1.54) is 40.6 Å². The van der Waals surface area contributed by atoms with Crippen LogP contribution in [-0.2, 0) is 21.3 Å². The third-order valence-electron chi connectivity index (χ3n) is 4.65. The Labute approximate surface area is 205 Å². The molecule has 16 nitrogen and oxygen atoms in total. The van der Waals surface area contributed by atoms with Crippen LogP contribution < -0.4 is 20.7 Å². The number of sulfonamides is 1. The second-order valence-electron chi connectivity index (χ2n) is 7.08. The monoisotopic (exact) mass is 521 g/mol. The van der Waals surface area contributed by atoms with Crippen molar-refractivity contribution in [1.82, 2.24) is 34.9 Å². The minimum absolute atomic E-state index is 0.00457. The lowest BCUT2D eigenvalue weighted by atomic mass is 10.2. The van der Waals surface area contributed by atoms with Crippen molar-refractivity contribution in [3.8, 4) is 17.1 Å². The van der Waals surface area contributed by atoms with E-state index in [2.05, 4.69) is 46.0 Å². The Morgan fingerprint density at radius 3 is 2.61 bits per heavy atom. The number of nitrogens with zero attached hydrogens (tertiary/aromatic N) is 6. The molecular formula is C19H23N9O7S. The van der Waals surface area contributed by atoms with Gasteiger partial charge in [0.2, 0.25) is 21.7 Å². The summed E-state index contributed by atoms with van der Waals surface area (Å²) < 4.78 is 39.6. The minimum atomic E-state index is -3.45. The summed E-state index contributed by atoms with van der Waals surface area (Å²) in [4.78, 5) is 32.4. The second kappa shape index (κ2) is 10.9. The van der Waals surface area contributed by atoms with Gasteiger partial charge < -0.3 is 24.6 Å². The predicted octanol–water partition coefficient (Wildman–Crippen LogP) is 0.603. The Hall–Kier alpha value is -4.38. The molecule has 2 amide bonds. The van der Waals surface area contributed by atoms with E-state index < -0.39 is 22.0 Å². The highest BCUT2D eigenvalue weighted by Crippen LogP contribution is 2.35. The fraction of sp³-hybridized carbons (Fsp3) is 0.316. The molecule has 0 bridgehead atoms. The number of carbonyl (C=O) groups excluding carboxylic acids is 2. The van der Waals surface area contributed by atoms with Gasteiger partial charge in [0.05, 0.1) is 38.3 Å². The smallest absolute Gasteiger partial charge is 0.412 e. The zero-order chi connectivity index (χ0) is 26.5. The van der Waals surface area contributed by atoms with Crippen LogP contribution in [0.2, 0.25) is 0 Å². The molecule has 0 spiro atoms. The molecule has 0 saturated heterocycles. The molecule has 0 unspecified atom stereocenters. The molecule has 0 aliphatic heterocycles. The van der Waals surface area contributed by atoms with Gasteiger partial charge in [-0.25, -0.2) is 18.2 Å². The first-order valence-corrected chi connectivity index (χ1v) is 11.9. The summed E-state index contributed by atoms with van der Waals surface area (Å²) in [5, 5.41) is 19.3. The average Bonchev–Trinajstić information content (AvgIpc) is 3.31. The van der Waals surface area contributed by atoms with Crippen LogP contribution in [0.3, 0.4) is 0 Å². The van der Waals surface area contributed by atoms with Crippen LogP contribution >= 0.6 is 0 Å². The van der Waals surface area contributed by atoms with Gasteiger partial charge in [-0.05, 0) is 6.07 Å². The molecule has 192 valence electrons. The van der Waals surface area contributed by atoms with Gasteiger partial charge in [0, 0.05) is 26.4 Å². The number of anilines is 3. The first-order valence-electron chi connectivity index (χ1n) is 10.1. The largest absolute Gasteiger partial charge is 0.492 e. The lowest BCUT2D eigenvalue weighted by molar-refractivity contribution is 0.0958. The maximum atomic E-state index is 12.3. The maximum absolute atomic E-state index is 12.3. The van der Waals surface area contributed by atoms with Crippen LogP contribution in [0.25, 0.3) is 11.4 Å². The van der Waals surface area contributed by atoms with Crippen LogP contribution in [0, 0.1) is 0 Å². The van der Waals surface area contributed by atoms with Gasteiger partial charge in [0.15, 0.2) is 23.1 Å². The summed E-state index contributed by atoms with van der Waals surface area (Å²) in [6.45, 7) is -0.127. The maximum Gasteiger partial charge on any atom is 0.412 e. The van der Waals surface area contributed by atoms with Crippen LogP contribution in [0.4, 0.5) is 22.1 Å². The molecule has 3 aromatic heterocycles. The van der Waals surface area contributed by atoms with Crippen molar-refractivity contribution in [3.63, 3.8) is 0 Å². The summed E-state index contributed by atoms with van der Waals surface area (Å²) in [7, 11) is 1.92. The van der Waals surface area contributed by atoms with Gasteiger partial charge in [-0.2, -0.15) is 9.29 Å². The standard InChI is InChI=1S/C19H23N9O7S/c1-20-18(29)14-11(8-12(25-26-14)23-19(30)34-4)22-17-15(33-3)10(6-7-21-17)16-24-13(35-27-16)9-28(2)36(5,31)32/h6-8H,9H2,1-5H3,(H,20,29)(H2,21,22,23,25,30). The molecule has 0 aliphatic carbocycles. The number of hydrogen-bond donors (Lipinski definition) is 3. The number of nitrogens with one attached hydrogen (secondary N) is 3. The van der Waals surface area contributed by atoms with E-state index in [4.69, 9.17) is 9.26 Å². The first kappa shape index (κ1) is 26.2. The highest BCUT2D eigenvalue weighted by atomic mass is 32.2. The van der Waals surface area contributed by atoms with Crippen molar-refractivity contribution >= 4 is 39.3 Å². The van der Waals surface area contributed by atoms with Crippen molar-refractivity contribution < 1.29 is 32.0 Å². The zero-order valence-electron chi connectivity index (χ0n) is 19.9. The van der Waals surface area contributed by atoms with Crippen LogP contribution in [-0.4, -0.2) is 84.6 Å². The number of methoxy groups -OCH3 is 2. The van der Waals surface area contributed by atoms with E-state index in [1.807, 2.05) is 0 Å². The molecule has 36 heavy (non-hydrogen) atoms. The Morgan fingerprint density at radius 1 is 1.22 bits per heavy atom. The Bertz CT molecular complexity index is 1380.